The van der Waals surface area contributed by atoms with E-state index >= 15 is 0 Å². The summed E-state index contributed by atoms with van der Waals surface area (Å²) in [5.41, 5.74) is 5.45. The van der Waals surface area contributed by atoms with E-state index in [9.17, 15) is 13.2 Å². The van der Waals surface area contributed by atoms with Gasteiger partial charge in [0.1, 0.15) is 0 Å². The lowest BCUT2D eigenvalue weighted by molar-refractivity contribution is -0.138. The summed E-state index contributed by atoms with van der Waals surface area (Å²) in [5, 5.41) is 0. The summed E-state index contributed by atoms with van der Waals surface area (Å²) in [4.78, 5) is 3.80. The maximum atomic E-state index is 13.1. The second-order valence-corrected chi connectivity index (χ2v) is 5.47. The van der Waals surface area contributed by atoms with Gasteiger partial charge >= 0.3 is 6.18 Å². The van der Waals surface area contributed by atoms with Crippen LogP contribution in [0.5, 0.6) is 0 Å². The lowest BCUT2D eigenvalue weighted by atomic mass is 9.80. The van der Waals surface area contributed by atoms with Gasteiger partial charge in [0.05, 0.1) is 17.8 Å². The standard InChI is InChI=1S/C14H19F3N2O/c1-7-8(2)20-9(3)12(7)13(18)10-6-19-5-4-11(10)14(15,16)17/h4-9,12-13H,18H2,1-3H3. The molecule has 20 heavy (non-hydrogen) atoms. The molecule has 0 bridgehead atoms. The fourth-order valence-corrected chi connectivity index (χ4v) is 3.05. The molecular weight excluding hydrogens is 269 g/mol. The fraction of sp³-hybridized carbons (Fsp3) is 0.643. The summed E-state index contributed by atoms with van der Waals surface area (Å²) in [6, 6.07) is 0.235. The average Bonchev–Trinajstić information content (AvgIpc) is 2.61. The summed E-state index contributed by atoms with van der Waals surface area (Å²) < 4.78 is 44.8. The molecule has 5 atom stereocenters. The molecule has 0 amide bonds. The molecule has 2 heterocycles. The van der Waals surface area contributed by atoms with Crippen molar-refractivity contribution >= 4 is 0 Å². The first-order valence-corrected chi connectivity index (χ1v) is 6.65. The van der Waals surface area contributed by atoms with Gasteiger partial charge in [0, 0.05) is 24.4 Å². The van der Waals surface area contributed by atoms with Gasteiger partial charge in [0.15, 0.2) is 0 Å². The van der Waals surface area contributed by atoms with Crippen molar-refractivity contribution in [3.05, 3.63) is 29.6 Å². The maximum Gasteiger partial charge on any atom is 0.416 e. The van der Waals surface area contributed by atoms with Crippen LogP contribution in [0.3, 0.4) is 0 Å². The van der Waals surface area contributed by atoms with Crippen LogP contribution < -0.4 is 5.73 Å². The van der Waals surface area contributed by atoms with Crippen LogP contribution >= 0.6 is 0 Å². The number of hydrogen-bond donors (Lipinski definition) is 1. The number of rotatable bonds is 2. The van der Waals surface area contributed by atoms with Crippen molar-refractivity contribution in [2.45, 2.75) is 45.2 Å². The minimum atomic E-state index is -4.42. The summed E-state index contributed by atoms with van der Waals surface area (Å²) in [7, 11) is 0. The van der Waals surface area contributed by atoms with Crippen molar-refractivity contribution in [2.24, 2.45) is 17.6 Å². The Kier molecular flexibility index (Phi) is 4.07. The minimum Gasteiger partial charge on any atom is -0.375 e. The SMILES string of the molecule is CC1OC(C)C(C(N)c2cnccc2C(F)(F)F)C1C. The number of nitrogens with two attached hydrogens (primary N) is 1. The number of nitrogens with zero attached hydrogens (tertiary/aromatic N) is 1. The first-order valence-electron chi connectivity index (χ1n) is 6.65. The van der Waals surface area contributed by atoms with Crippen LogP contribution in [0.1, 0.15) is 37.9 Å². The van der Waals surface area contributed by atoms with Gasteiger partial charge in [0.2, 0.25) is 0 Å². The third-order valence-electron chi connectivity index (χ3n) is 4.25. The highest BCUT2D eigenvalue weighted by molar-refractivity contribution is 5.30. The van der Waals surface area contributed by atoms with E-state index in [1.165, 1.54) is 6.20 Å². The highest BCUT2D eigenvalue weighted by Gasteiger charge is 2.43. The Morgan fingerprint density at radius 2 is 1.90 bits per heavy atom. The molecule has 0 aromatic carbocycles. The third kappa shape index (κ3) is 2.67. The van der Waals surface area contributed by atoms with E-state index < -0.39 is 17.8 Å². The molecule has 2 N–H and O–H groups in total. The number of alkyl halides is 3. The largest absolute Gasteiger partial charge is 0.416 e. The molecule has 1 aromatic rings. The van der Waals surface area contributed by atoms with Gasteiger partial charge in [-0.1, -0.05) is 6.92 Å². The lowest BCUT2D eigenvalue weighted by Crippen LogP contribution is -2.32. The van der Waals surface area contributed by atoms with E-state index in [0.29, 0.717) is 0 Å². The van der Waals surface area contributed by atoms with Crippen LogP contribution in [0.25, 0.3) is 0 Å². The number of aromatic nitrogens is 1. The molecule has 0 radical (unpaired) electrons. The molecule has 1 aromatic heterocycles. The van der Waals surface area contributed by atoms with Gasteiger partial charge in [0.25, 0.3) is 0 Å². The summed E-state index contributed by atoms with van der Waals surface area (Å²) >= 11 is 0. The first kappa shape index (κ1) is 15.3. The normalized spacial score (nSPS) is 32.4. The molecule has 5 unspecified atom stereocenters. The molecule has 1 aliphatic heterocycles. The van der Waals surface area contributed by atoms with Gasteiger partial charge in [-0.2, -0.15) is 13.2 Å². The highest BCUT2D eigenvalue weighted by Crippen LogP contribution is 2.42. The second kappa shape index (κ2) is 5.33. The van der Waals surface area contributed by atoms with Crippen molar-refractivity contribution < 1.29 is 17.9 Å². The Hall–Kier alpha value is -1.14. The molecule has 3 nitrogen and oxygen atoms in total. The number of halogens is 3. The zero-order valence-corrected chi connectivity index (χ0v) is 11.7. The maximum absolute atomic E-state index is 13.1. The van der Waals surface area contributed by atoms with Crippen molar-refractivity contribution in [3.63, 3.8) is 0 Å². The Labute approximate surface area is 116 Å². The smallest absolute Gasteiger partial charge is 0.375 e. The average molecular weight is 288 g/mol. The lowest BCUT2D eigenvalue weighted by Gasteiger charge is -2.27. The van der Waals surface area contributed by atoms with Crippen molar-refractivity contribution in [1.82, 2.24) is 4.98 Å². The Bertz CT molecular complexity index is 478. The second-order valence-electron chi connectivity index (χ2n) is 5.47. The Morgan fingerprint density at radius 3 is 2.40 bits per heavy atom. The molecule has 0 spiro atoms. The highest BCUT2D eigenvalue weighted by atomic mass is 19.4. The predicted molar refractivity (Wildman–Crippen MR) is 68.8 cm³/mol. The molecule has 112 valence electrons. The molecular formula is C14H19F3N2O. The van der Waals surface area contributed by atoms with E-state index in [2.05, 4.69) is 4.98 Å². The van der Waals surface area contributed by atoms with E-state index in [0.717, 1.165) is 12.3 Å². The molecule has 1 aliphatic rings. The zero-order chi connectivity index (χ0) is 15.1. The van der Waals surface area contributed by atoms with Crippen LogP contribution in [0, 0.1) is 11.8 Å². The topological polar surface area (TPSA) is 48.1 Å². The fourth-order valence-electron chi connectivity index (χ4n) is 3.05. The predicted octanol–water partition coefficient (Wildman–Crippen LogP) is 3.16. The third-order valence-corrected chi connectivity index (χ3v) is 4.25. The van der Waals surface area contributed by atoms with E-state index in [1.807, 2.05) is 20.8 Å². The monoisotopic (exact) mass is 288 g/mol. The van der Waals surface area contributed by atoms with Gasteiger partial charge in [-0.15, -0.1) is 0 Å². The van der Waals surface area contributed by atoms with Crippen LogP contribution in [-0.4, -0.2) is 17.2 Å². The van der Waals surface area contributed by atoms with Gasteiger partial charge in [-0.05, 0) is 31.4 Å². The van der Waals surface area contributed by atoms with Crippen LogP contribution in [-0.2, 0) is 10.9 Å². The quantitative estimate of drug-likeness (QED) is 0.909. The van der Waals surface area contributed by atoms with Crippen molar-refractivity contribution in [3.8, 4) is 0 Å². The summed E-state index contributed by atoms with van der Waals surface area (Å²) in [6.45, 7) is 5.73. The van der Waals surface area contributed by atoms with Gasteiger partial charge < -0.3 is 10.5 Å². The molecule has 1 fully saturated rings. The molecule has 1 saturated heterocycles. The van der Waals surface area contributed by atoms with Gasteiger partial charge in [-0.25, -0.2) is 0 Å². The summed E-state index contributed by atoms with van der Waals surface area (Å²) in [5.74, 6) is -0.0587. The molecule has 0 aliphatic carbocycles. The number of hydrogen-bond acceptors (Lipinski definition) is 3. The molecule has 6 heteroatoms. The molecule has 2 rings (SSSR count). The van der Waals surface area contributed by atoms with E-state index in [4.69, 9.17) is 10.5 Å². The zero-order valence-electron chi connectivity index (χ0n) is 11.7. The van der Waals surface area contributed by atoms with E-state index in [-0.39, 0.29) is 29.6 Å². The minimum absolute atomic E-state index is 0.00735. The molecule has 0 saturated carbocycles. The summed E-state index contributed by atoms with van der Waals surface area (Å²) in [6.07, 6.45) is -2.24. The number of ether oxygens (including phenoxy) is 1. The Morgan fingerprint density at radius 1 is 1.25 bits per heavy atom. The number of pyridine rings is 1. The van der Waals surface area contributed by atoms with E-state index in [1.54, 1.807) is 0 Å². The first-order chi connectivity index (χ1) is 9.23. The van der Waals surface area contributed by atoms with Crippen molar-refractivity contribution in [1.29, 1.82) is 0 Å². The van der Waals surface area contributed by atoms with Gasteiger partial charge in [-0.3, -0.25) is 4.98 Å². The van der Waals surface area contributed by atoms with Crippen LogP contribution in [0.4, 0.5) is 13.2 Å². The van der Waals surface area contributed by atoms with Crippen LogP contribution in [0.2, 0.25) is 0 Å². The van der Waals surface area contributed by atoms with Crippen LogP contribution in [0.15, 0.2) is 18.5 Å². The van der Waals surface area contributed by atoms with Crippen molar-refractivity contribution in [2.75, 3.05) is 0 Å². The Balaban J connectivity index is 2.37.